The molecule has 3 N–H and O–H groups in total. The van der Waals surface area contributed by atoms with Gasteiger partial charge in [0, 0.05) is 12.8 Å². The minimum absolute atomic E-state index is 0.00871. The zero-order valence-corrected chi connectivity index (χ0v) is 47.3. The van der Waals surface area contributed by atoms with E-state index in [-0.39, 0.29) is 18.5 Å². The lowest BCUT2D eigenvalue weighted by atomic mass is 10.0. The molecule has 0 aliphatic heterocycles. The van der Waals surface area contributed by atoms with Crippen molar-refractivity contribution in [2.45, 2.75) is 360 Å². The van der Waals surface area contributed by atoms with Gasteiger partial charge in [-0.3, -0.25) is 9.59 Å². The smallest absolute Gasteiger partial charge is 0.305 e. The van der Waals surface area contributed by atoms with Gasteiger partial charge in [0.25, 0.3) is 0 Å². The molecule has 2 atom stereocenters. The number of ether oxygens (including phenoxy) is 1. The summed E-state index contributed by atoms with van der Waals surface area (Å²) in [7, 11) is 0. The van der Waals surface area contributed by atoms with Crippen molar-refractivity contribution in [1.29, 1.82) is 0 Å². The van der Waals surface area contributed by atoms with E-state index in [2.05, 4.69) is 31.3 Å². The summed E-state index contributed by atoms with van der Waals surface area (Å²) in [4.78, 5) is 24.5. The molecule has 0 aliphatic carbocycles. The Morgan fingerprint density at radius 3 is 1.01 bits per heavy atom. The fraction of sp³-hybridized carbons (Fsp3) is 0.906. The van der Waals surface area contributed by atoms with Gasteiger partial charge in [0.1, 0.15) is 0 Å². The fourth-order valence-electron chi connectivity index (χ4n) is 9.87. The van der Waals surface area contributed by atoms with Crippen LogP contribution in [0.25, 0.3) is 0 Å². The van der Waals surface area contributed by atoms with Crippen LogP contribution in [0.5, 0.6) is 0 Å². The SMILES string of the molecule is CCCCCCCCCCCCCCCCCCCC/C=C/C(O)C(CO)NC(=O)CCCCCCCCC/C=C\CCCCCCCCCCCCOC(=O)CCCCCCCCCCCCCC. The van der Waals surface area contributed by atoms with Gasteiger partial charge in [-0.2, -0.15) is 0 Å². The average Bonchev–Trinajstić information content (AvgIpc) is 3.36. The molecule has 0 saturated heterocycles. The second-order valence-electron chi connectivity index (χ2n) is 21.7. The van der Waals surface area contributed by atoms with Crippen molar-refractivity contribution in [3.63, 3.8) is 0 Å². The quantitative estimate of drug-likeness (QED) is 0.0321. The van der Waals surface area contributed by atoms with Crippen LogP contribution in [0.1, 0.15) is 348 Å². The zero-order valence-electron chi connectivity index (χ0n) is 47.3. The molecule has 0 radical (unpaired) electrons. The highest BCUT2D eigenvalue weighted by atomic mass is 16.5. The van der Waals surface area contributed by atoms with Gasteiger partial charge in [-0.15, -0.1) is 0 Å². The molecule has 414 valence electrons. The lowest BCUT2D eigenvalue weighted by molar-refractivity contribution is -0.143. The minimum atomic E-state index is -0.850. The Balaban J connectivity index is 3.46. The van der Waals surface area contributed by atoms with Crippen LogP contribution >= 0.6 is 0 Å². The normalized spacial score (nSPS) is 12.7. The first kappa shape index (κ1) is 68.3. The highest BCUT2D eigenvalue weighted by Gasteiger charge is 2.18. The Hall–Kier alpha value is -1.66. The lowest BCUT2D eigenvalue weighted by Crippen LogP contribution is -2.45. The number of esters is 1. The molecule has 0 spiro atoms. The van der Waals surface area contributed by atoms with Gasteiger partial charge in [0.15, 0.2) is 0 Å². The average molecular weight is 987 g/mol. The molecule has 70 heavy (non-hydrogen) atoms. The third kappa shape index (κ3) is 55.7. The number of allylic oxidation sites excluding steroid dienone is 3. The topological polar surface area (TPSA) is 95.9 Å². The number of nitrogens with one attached hydrogen (secondary N) is 1. The molecule has 0 saturated carbocycles. The summed E-state index contributed by atoms with van der Waals surface area (Å²) < 4.78 is 5.47. The predicted octanol–water partition coefficient (Wildman–Crippen LogP) is 19.8. The highest BCUT2D eigenvalue weighted by molar-refractivity contribution is 5.76. The van der Waals surface area contributed by atoms with Crippen molar-refractivity contribution in [1.82, 2.24) is 5.32 Å². The molecule has 0 heterocycles. The summed E-state index contributed by atoms with van der Waals surface area (Å²) in [5.41, 5.74) is 0. The van der Waals surface area contributed by atoms with E-state index in [0.29, 0.717) is 19.4 Å². The van der Waals surface area contributed by atoms with Crippen molar-refractivity contribution in [2.75, 3.05) is 13.2 Å². The number of hydrogen-bond acceptors (Lipinski definition) is 5. The van der Waals surface area contributed by atoms with Crippen LogP contribution in [0.2, 0.25) is 0 Å². The molecule has 0 aromatic carbocycles. The minimum Gasteiger partial charge on any atom is -0.466 e. The fourth-order valence-corrected chi connectivity index (χ4v) is 9.87. The van der Waals surface area contributed by atoms with E-state index >= 15 is 0 Å². The second kappa shape index (κ2) is 59.9. The van der Waals surface area contributed by atoms with E-state index in [1.165, 1.54) is 276 Å². The monoisotopic (exact) mass is 986 g/mol. The van der Waals surface area contributed by atoms with Gasteiger partial charge in [0.05, 0.1) is 25.4 Å². The van der Waals surface area contributed by atoms with Crippen LogP contribution in [0.4, 0.5) is 0 Å². The van der Waals surface area contributed by atoms with Crippen molar-refractivity contribution < 1.29 is 24.5 Å². The maximum atomic E-state index is 12.5. The highest BCUT2D eigenvalue weighted by Crippen LogP contribution is 2.17. The van der Waals surface area contributed by atoms with E-state index < -0.39 is 12.1 Å². The van der Waals surface area contributed by atoms with Crippen molar-refractivity contribution in [2.24, 2.45) is 0 Å². The summed E-state index contributed by atoms with van der Waals surface area (Å²) in [6.45, 7) is 4.92. The first-order valence-electron chi connectivity index (χ1n) is 31.6. The molecule has 2 unspecified atom stereocenters. The summed E-state index contributed by atoms with van der Waals surface area (Å²) in [5.74, 6) is -0.0640. The van der Waals surface area contributed by atoms with Crippen LogP contribution in [-0.2, 0) is 14.3 Å². The van der Waals surface area contributed by atoms with Crippen LogP contribution < -0.4 is 5.32 Å². The Kier molecular flexibility index (Phi) is 58.5. The maximum Gasteiger partial charge on any atom is 0.305 e. The number of hydrogen-bond donors (Lipinski definition) is 3. The van der Waals surface area contributed by atoms with E-state index in [1.807, 2.05) is 6.08 Å². The van der Waals surface area contributed by atoms with Gasteiger partial charge in [0.2, 0.25) is 5.91 Å². The first-order chi connectivity index (χ1) is 34.5. The molecule has 6 heteroatoms. The number of amides is 1. The summed E-state index contributed by atoms with van der Waals surface area (Å²) in [6.07, 6.45) is 73.6. The number of unbranched alkanes of at least 4 members (excludes halogenated alkanes) is 46. The number of rotatable bonds is 59. The van der Waals surface area contributed by atoms with Gasteiger partial charge in [-0.1, -0.05) is 301 Å². The van der Waals surface area contributed by atoms with Gasteiger partial charge in [-0.05, 0) is 57.8 Å². The van der Waals surface area contributed by atoms with Crippen molar-refractivity contribution >= 4 is 11.9 Å². The lowest BCUT2D eigenvalue weighted by Gasteiger charge is -2.20. The molecule has 0 bridgehead atoms. The molecule has 0 aromatic heterocycles. The Labute approximate surface area is 437 Å². The van der Waals surface area contributed by atoms with Crippen molar-refractivity contribution in [3.05, 3.63) is 24.3 Å². The van der Waals surface area contributed by atoms with E-state index in [9.17, 15) is 19.8 Å². The van der Waals surface area contributed by atoms with Crippen LogP contribution in [0.15, 0.2) is 24.3 Å². The Bertz CT molecular complexity index is 1090. The van der Waals surface area contributed by atoms with Gasteiger partial charge in [-0.25, -0.2) is 0 Å². The third-order valence-electron chi connectivity index (χ3n) is 14.7. The second-order valence-corrected chi connectivity index (χ2v) is 21.7. The van der Waals surface area contributed by atoms with E-state index in [0.717, 1.165) is 44.9 Å². The molecule has 1 amide bonds. The van der Waals surface area contributed by atoms with Crippen LogP contribution in [0, 0.1) is 0 Å². The zero-order chi connectivity index (χ0) is 50.7. The Morgan fingerprint density at radius 1 is 0.386 bits per heavy atom. The summed E-state index contributed by atoms with van der Waals surface area (Å²) >= 11 is 0. The molecular formula is C64H123NO5. The Morgan fingerprint density at radius 2 is 0.671 bits per heavy atom. The van der Waals surface area contributed by atoms with Gasteiger partial charge >= 0.3 is 5.97 Å². The van der Waals surface area contributed by atoms with Crippen LogP contribution in [-0.4, -0.2) is 47.4 Å². The van der Waals surface area contributed by atoms with Crippen LogP contribution in [0.3, 0.4) is 0 Å². The summed E-state index contributed by atoms with van der Waals surface area (Å²) in [6, 6.07) is -0.634. The molecule has 0 fully saturated rings. The van der Waals surface area contributed by atoms with Gasteiger partial charge < -0.3 is 20.3 Å². The largest absolute Gasteiger partial charge is 0.466 e. The number of aliphatic hydroxyl groups excluding tert-OH is 2. The number of carbonyl (C=O) groups is 2. The number of aliphatic hydroxyl groups is 2. The van der Waals surface area contributed by atoms with Crippen molar-refractivity contribution in [3.8, 4) is 0 Å². The maximum absolute atomic E-state index is 12.5. The van der Waals surface area contributed by atoms with E-state index in [4.69, 9.17) is 4.74 Å². The molecular weight excluding hydrogens is 863 g/mol. The molecule has 0 rings (SSSR count). The first-order valence-corrected chi connectivity index (χ1v) is 31.6. The van der Waals surface area contributed by atoms with E-state index in [1.54, 1.807) is 6.08 Å². The summed E-state index contributed by atoms with van der Waals surface area (Å²) in [5, 5.41) is 23.2. The predicted molar refractivity (Wildman–Crippen MR) is 306 cm³/mol. The standard InChI is InChI=1S/C64H123NO5/c1-3-5-7-9-11-13-15-17-18-19-20-24-27-30-33-36-40-44-48-52-56-62(67)61(60-66)65-63(68)57-53-49-45-41-37-34-31-28-25-22-21-23-26-29-32-35-39-43-47-51-55-59-70-64(69)58-54-50-46-42-38-16-14-12-10-8-6-4-2/h22,25,52,56,61-62,66-67H,3-21,23-24,26-51,53-55,57-60H2,1-2H3,(H,65,68)/b25-22-,56-52+. The molecule has 6 nitrogen and oxygen atoms in total. The third-order valence-corrected chi connectivity index (χ3v) is 14.7. The molecule has 0 aliphatic rings. The molecule has 0 aromatic rings. The number of carbonyl (C=O) groups excluding carboxylic acids is 2.